The van der Waals surface area contributed by atoms with E-state index in [1.165, 1.54) is 0 Å². The molecular weight excluding hydrogens is 318 g/mol. The molecule has 2 amide bonds. The van der Waals surface area contributed by atoms with Crippen molar-refractivity contribution in [3.63, 3.8) is 0 Å². The molecule has 1 aromatic heterocycles. The van der Waals surface area contributed by atoms with Crippen LogP contribution in [0, 0.1) is 5.92 Å². The molecule has 7 heteroatoms. The minimum absolute atomic E-state index is 0.0875. The molecule has 1 atom stereocenters. The van der Waals surface area contributed by atoms with Gasteiger partial charge in [-0.2, -0.15) is 5.10 Å². The van der Waals surface area contributed by atoms with Crippen molar-refractivity contribution in [2.24, 2.45) is 5.92 Å². The third kappa shape index (κ3) is 3.15. The maximum Gasteiger partial charge on any atom is 0.229 e. The number of H-pyrrole nitrogens is 1. The van der Waals surface area contributed by atoms with Crippen molar-refractivity contribution in [3.8, 4) is 11.3 Å². The summed E-state index contributed by atoms with van der Waals surface area (Å²) in [6, 6.07) is 9.75. The van der Waals surface area contributed by atoms with Crippen LogP contribution >= 0.6 is 0 Å². The first-order chi connectivity index (χ1) is 12.1. The number of likely N-dealkylation sites (tertiary alicyclic amines) is 2. The van der Waals surface area contributed by atoms with Gasteiger partial charge < -0.3 is 15.1 Å². The Hall–Kier alpha value is -2.67. The molecule has 2 aliphatic rings. The molecule has 0 radical (unpaired) electrons. The normalized spacial score (nSPS) is 21.4. The Kier molecular flexibility index (Phi) is 4.01. The van der Waals surface area contributed by atoms with Crippen molar-refractivity contribution in [1.29, 1.82) is 0 Å². The van der Waals surface area contributed by atoms with Crippen LogP contribution in [0.4, 0.5) is 5.69 Å². The summed E-state index contributed by atoms with van der Waals surface area (Å²) < 4.78 is 0. The summed E-state index contributed by atoms with van der Waals surface area (Å²) in [5.41, 5.74) is 2.58. The number of nitrogens with zero attached hydrogens (tertiary/aromatic N) is 3. The lowest BCUT2D eigenvalue weighted by atomic mass is 10.1. The summed E-state index contributed by atoms with van der Waals surface area (Å²) in [6.45, 7) is 2.31. The minimum atomic E-state index is -0.283. The van der Waals surface area contributed by atoms with E-state index in [1.807, 2.05) is 42.3 Å². The van der Waals surface area contributed by atoms with Gasteiger partial charge in [0.1, 0.15) is 0 Å². The highest BCUT2D eigenvalue weighted by Crippen LogP contribution is 2.26. The van der Waals surface area contributed by atoms with E-state index < -0.39 is 0 Å². The smallest absolute Gasteiger partial charge is 0.229 e. The molecule has 2 saturated heterocycles. The lowest BCUT2D eigenvalue weighted by Crippen LogP contribution is -2.58. The average molecular weight is 339 g/mol. The van der Waals surface area contributed by atoms with Crippen LogP contribution in [0.1, 0.15) is 6.42 Å². The fraction of sp³-hybridized carbons (Fsp3) is 0.389. The van der Waals surface area contributed by atoms with E-state index in [1.54, 1.807) is 6.20 Å². The molecule has 7 nitrogen and oxygen atoms in total. The molecule has 1 unspecified atom stereocenters. The van der Waals surface area contributed by atoms with E-state index in [0.717, 1.165) is 30.0 Å². The second-order valence-electron chi connectivity index (χ2n) is 6.86. The Morgan fingerprint density at radius 1 is 1.28 bits per heavy atom. The Balaban J connectivity index is 1.41. The first kappa shape index (κ1) is 15.8. The molecule has 0 spiro atoms. The minimum Gasteiger partial charge on any atom is -0.336 e. The second-order valence-corrected chi connectivity index (χ2v) is 6.86. The summed E-state index contributed by atoms with van der Waals surface area (Å²) in [4.78, 5) is 28.8. The van der Waals surface area contributed by atoms with Gasteiger partial charge in [0, 0.05) is 43.5 Å². The Bertz CT molecular complexity index is 783. The fourth-order valence-electron chi connectivity index (χ4n) is 3.55. The molecular formula is C18H21N5O2. The molecule has 0 aliphatic carbocycles. The van der Waals surface area contributed by atoms with E-state index in [4.69, 9.17) is 0 Å². The predicted molar refractivity (Wildman–Crippen MR) is 93.8 cm³/mol. The molecule has 2 aliphatic heterocycles. The quantitative estimate of drug-likeness (QED) is 0.876. The van der Waals surface area contributed by atoms with Gasteiger partial charge in [0.25, 0.3) is 0 Å². The molecule has 4 rings (SSSR count). The number of likely N-dealkylation sites (N-methyl/N-ethyl adjacent to an activating group) is 1. The van der Waals surface area contributed by atoms with E-state index >= 15 is 0 Å². The number of amides is 2. The first-order valence-electron chi connectivity index (χ1n) is 8.49. The maximum atomic E-state index is 12.6. The van der Waals surface area contributed by atoms with E-state index in [2.05, 4.69) is 20.4 Å². The monoisotopic (exact) mass is 339 g/mol. The van der Waals surface area contributed by atoms with Crippen molar-refractivity contribution < 1.29 is 9.59 Å². The molecule has 2 fully saturated rings. The molecule has 2 aromatic rings. The van der Waals surface area contributed by atoms with Gasteiger partial charge in [-0.15, -0.1) is 0 Å². The highest BCUT2D eigenvalue weighted by Gasteiger charge is 2.41. The van der Waals surface area contributed by atoms with Crippen LogP contribution in [-0.2, 0) is 9.59 Å². The highest BCUT2D eigenvalue weighted by molar-refractivity contribution is 5.97. The molecule has 2 N–H and O–H groups in total. The standard InChI is InChI=1S/C18H21N5O2/c1-22-10-15(11-22)23-9-13(8-17(23)24)18(25)20-14-4-2-3-12(7-14)16-5-6-19-21-16/h2-7,13,15H,8-11H2,1H3,(H,19,21)(H,20,25). The summed E-state index contributed by atoms with van der Waals surface area (Å²) in [7, 11) is 2.04. The van der Waals surface area contributed by atoms with Crippen molar-refractivity contribution >= 4 is 17.5 Å². The van der Waals surface area contributed by atoms with E-state index in [9.17, 15) is 9.59 Å². The van der Waals surface area contributed by atoms with Gasteiger partial charge in [0.2, 0.25) is 11.8 Å². The van der Waals surface area contributed by atoms with E-state index in [-0.39, 0.29) is 23.8 Å². The Morgan fingerprint density at radius 3 is 2.84 bits per heavy atom. The van der Waals surface area contributed by atoms with Crippen molar-refractivity contribution in [1.82, 2.24) is 20.0 Å². The number of hydrogen-bond donors (Lipinski definition) is 2. The number of rotatable bonds is 4. The molecule has 1 aromatic carbocycles. The number of hydrogen-bond acceptors (Lipinski definition) is 4. The summed E-state index contributed by atoms with van der Waals surface area (Å²) in [5.74, 6) is -0.288. The molecule has 25 heavy (non-hydrogen) atoms. The predicted octanol–water partition coefficient (Wildman–Crippen LogP) is 1.18. The number of carbonyl (C=O) groups is 2. The van der Waals surface area contributed by atoms with Crippen LogP contribution in [0.5, 0.6) is 0 Å². The van der Waals surface area contributed by atoms with E-state index in [0.29, 0.717) is 13.0 Å². The zero-order valence-electron chi connectivity index (χ0n) is 14.1. The largest absolute Gasteiger partial charge is 0.336 e. The fourth-order valence-corrected chi connectivity index (χ4v) is 3.55. The Morgan fingerprint density at radius 2 is 2.12 bits per heavy atom. The van der Waals surface area contributed by atoms with Crippen molar-refractivity contribution in [2.45, 2.75) is 12.5 Å². The van der Waals surface area contributed by atoms with Crippen LogP contribution in [0.2, 0.25) is 0 Å². The zero-order valence-corrected chi connectivity index (χ0v) is 14.1. The van der Waals surface area contributed by atoms with Gasteiger partial charge in [-0.1, -0.05) is 12.1 Å². The molecule has 3 heterocycles. The van der Waals surface area contributed by atoms with Crippen LogP contribution in [0.3, 0.4) is 0 Å². The van der Waals surface area contributed by atoms with Gasteiger partial charge in [0.15, 0.2) is 0 Å². The summed E-state index contributed by atoms with van der Waals surface area (Å²) >= 11 is 0. The number of aromatic nitrogens is 2. The molecule has 130 valence electrons. The number of benzene rings is 1. The number of nitrogens with one attached hydrogen (secondary N) is 2. The second kappa shape index (κ2) is 6.33. The first-order valence-corrected chi connectivity index (χ1v) is 8.49. The van der Waals surface area contributed by atoms with Gasteiger partial charge in [-0.05, 0) is 25.2 Å². The van der Waals surface area contributed by atoms with Crippen molar-refractivity contribution in [2.75, 3.05) is 32.0 Å². The third-order valence-electron chi connectivity index (χ3n) is 4.96. The average Bonchev–Trinajstić information content (AvgIpc) is 3.22. The summed E-state index contributed by atoms with van der Waals surface area (Å²) in [6.07, 6.45) is 1.99. The highest BCUT2D eigenvalue weighted by atomic mass is 16.2. The van der Waals surface area contributed by atoms with Gasteiger partial charge in [0.05, 0.1) is 17.7 Å². The topological polar surface area (TPSA) is 81.3 Å². The van der Waals surface area contributed by atoms with Gasteiger partial charge in [-0.3, -0.25) is 14.7 Å². The van der Waals surface area contributed by atoms with Gasteiger partial charge in [-0.25, -0.2) is 0 Å². The van der Waals surface area contributed by atoms with Crippen LogP contribution < -0.4 is 5.32 Å². The SMILES string of the molecule is CN1CC(N2CC(C(=O)Nc3cccc(-c4ccn[nH]4)c3)CC2=O)C1. The van der Waals surface area contributed by atoms with Gasteiger partial charge >= 0.3 is 0 Å². The number of aromatic amines is 1. The van der Waals surface area contributed by atoms with Crippen LogP contribution in [0.15, 0.2) is 36.5 Å². The molecule has 0 saturated carbocycles. The number of anilines is 1. The number of carbonyl (C=O) groups excluding carboxylic acids is 2. The maximum absolute atomic E-state index is 12.6. The van der Waals surface area contributed by atoms with Crippen LogP contribution in [-0.4, -0.2) is 64.5 Å². The molecule has 0 bridgehead atoms. The lowest BCUT2D eigenvalue weighted by Gasteiger charge is -2.42. The Labute approximate surface area is 146 Å². The third-order valence-corrected chi connectivity index (χ3v) is 4.96. The van der Waals surface area contributed by atoms with Crippen LogP contribution in [0.25, 0.3) is 11.3 Å². The lowest BCUT2D eigenvalue weighted by molar-refractivity contribution is -0.132. The zero-order chi connectivity index (χ0) is 17.4. The summed E-state index contributed by atoms with van der Waals surface area (Å²) in [5, 5.41) is 9.81. The van der Waals surface area contributed by atoms with Crippen molar-refractivity contribution in [3.05, 3.63) is 36.5 Å².